The third-order valence-corrected chi connectivity index (χ3v) is 2.83. The Morgan fingerprint density at radius 2 is 2.05 bits per heavy atom. The number of rotatable bonds is 3. The molecule has 0 radical (unpaired) electrons. The number of esters is 1. The largest absolute Gasteiger partial charge is 0.461 e. The summed E-state index contributed by atoms with van der Waals surface area (Å²) < 4.78 is 42.9. The van der Waals surface area contributed by atoms with Gasteiger partial charge in [0.1, 0.15) is 5.69 Å². The highest BCUT2D eigenvalue weighted by Crippen LogP contribution is 2.32. The molecule has 4 nitrogen and oxygen atoms in total. The molecule has 0 fully saturated rings. The first-order valence-corrected chi connectivity index (χ1v) is 6.16. The molecule has 1 aromatic carbocycles. The second-order valence-electron chi connectivity index (χ2n) is 4.31. The van der Waals surface area contributed by atoms with Gasteiger partial charge in [-0.2, -0.15) is 13.2 Å². The number of anilines is 1. The molecule has 21 heavy (non-hydrogen) atoms. The number of benzene rings is 1. The Morgan fingerprint density at radius 3 is 2.67 bits per heavy atom. The van der Waals surface area contributed by atoms with Crippen molar-refractivity contribution in [1.82, 2.24) is 4.98 Å². The van der Waals surface area contributed by atoms with Crippen molar-refractivity contribution >= 4 is 11.7 Å². The number of nitrogen functional groups attached to an aromatic ring is 1. The Balaban J connectivity index is 2.40. The highest BCUT2D eigenvalue weighted by molar-refractivity contribution is 5.95. The Kier molecular flexibility index (Phi) is 3.93. The molecule has 0 aliphatic carbocycles. The molecule has 0 spiro atoms. The first-order valence-electron chi connectivity index (χ1n) is 6.16. The lowest BCUT2D eigenvalue weighted by atomic mass is 10.1. The Morgan fingerprint density at radius 1 is 1.33 bits per heavy atom. The monoisotopic (exact) mass is 298 g/mol. The first-order chi connectivity index (χ1) is 9.82. The van der Waals surface area contributed by atoms with Crippen molar-refractivity contribution in [3.63, 3.8) is 0 Å². The fraction of sp³-hybridized carbons (Fsp3) is 0.214. The third kappa shape index (κ3) is 3.18. The molecule has 0 saturated heterocycles. The molecule has 0 aliphatic rings. The SMILES string of the molecule is CCOC(=O)c1[nH]c(-c2cccc(C(F)(F)F)c2)cc1N. The van der Waals surface area contributed by atoms with Gasteiger partial charge in [-0.25, -0.2) is 4.79 Å². The average molecular weight is 298 g/mol. The summed E-state index contributed by atoms with van der Waals surface area (Å²) >= 11 is 0. The smallest absolute Gasteiger partial charge is 0.416 e. The normalized spacial score (nSPS) is 11.4. The maximum atomic E-state index is 12.7. The van der Waals surface area contributed by atoms with E-state index in [0.29, 0.717) is 5.69 Å². The number of H-pyrrole nitrogens is 1. The van der Waals surface area contributed by atoms with Gasteiger partial charge in [-0.15, -0.1) is 0 Å². The van der Waals surface area contributed by atoms with Crippen LogP contribution in [0.4, 0.5) is 18.9 Å². The number of ether oxygens (including phenoxy) is 1. The van der Waals surface area contributed by atoms with Crippen LogP contribution in [-0.2, 0) is 10.9 Å². The average Bonchev–Trinajstić information content (AvgIpc) is 2.80. The molecule has 0 saturated carbocycles. The number of carbonyl (C=O) groups excluding carboxylic acids is 1. The number of nitrogens with two attached hydrogens (primary N) is 1. The number of hydrogen-bond acceptors (Lipinski definition) is 3. The predicted molar refractivity (Wildman–Crippen MR) is 71.6 cm³/mol. The molecule has 2 rings (SSSR count). The molecular formula is C14H13F3N2O2. The second-order valence-corrected chi connectivity index (χ2v) is 4.31. The third-order valence-electron chi connectivity index (χ3n) is 2.83. The zero-order valence-electron chi connectivity index (χ0n) is 11.1. The van der Waals surface area contributed by atoms with Crippen LogP contribution in [0.5, 0.6) is 0 Å². The van der Waals surface area contributed by atoms with Crippen molar-refractivity contribution < 1.29 is 22.7 Å². The van der Waals surface area contributed by atoms with Crippen molar-refractivity contribution in [3.05, 3.63) is 41.6 Å². The van der Waals surface area contributed by atoms with E-state index in [1.54, 1.807) is 6.92 Å². The minimum atomic E-state index is -4.43. The summed E-state index contributed by atoms with van der Waals surface area (Å²) in [5, 5.41) is 0. The van der Waals surface area contributed by atoms with E-state index in [1.165, 1.54) is 18.2 Å². The standard InChI is InChI=1S/C14H13F3N2O2/c1-2-21-13(20)12-10(18)7-11(19-12)8-4-3-5-9(6-8)14(15,16)17/h3-7,19H,2,18H2,1H3. The minimum Gasteiger partial charge on any atom is -0.461 e. The molecule has 1 heterocycles. The molecule has 0 atom stereocenters. The summed E-state index contributed by atoms with van der Waals surface area (Å²) in [5.74, 6) is -0.645. The summed E-state index contributed by atoms with van der Waals surface area (Å²) in [7, 11) is 0. The van der Waals surface area contributed by atoms with Crippen molar-refractivity contribution in [1.29, 1.82) is 0 Å². The fourth-order valence-electron chi connectivity index (χ4n) is 1.86. The molecule has 112 valence electrons. The number of aromatic nitrogens is 1. The molecule has 0 amide bonds. The quantitative estimate of drug-likeness (QED) is 0.853. The van der Waals surface area contributed by atoms with Crippen LogP contribution in [-0.4, -0.2) is 17.6 Å². The Bertz CT molecular complexity index is 662. The highest BCUT2D eigenvalue weighted by Gasteiger charge is 2.30. The van der Waals surface area contributed by atoms with Gasteiger partial charge in [0, 0.05) is 5.69 Å². The molecule has 2 aromatic rings. The molecule has 7 heteroatoms. The van der Waals surface area contributed by atoms with Gasteiger partial charge in [0.05, 0.1) is 17.9 Å². The fourth-order valence-corrected chi connectivity index (χ4v) is 1.86. The summed E-state index contributed by atoms with van der Waals surface area (Å²) in [5.41, 5.74) is 5.67. The zero-order chi connectivity index (χ0) is 15.6. The number of hydrogen-bond donors (Lipinski definition) is 2. The lowest BCUT2D eigenvalue weighted by Crippen LogP contribution is -2.07. The predicted octanol–water partition coefficient (Wildman–Crippen LogP) is 3.46. The highest BCUT2D eigenvalue weighted by atomic mass is 19.4. The molecule has 3 N–H and O–H groups in total. The van der Waals surface area contributed by atoms with Crippen LogP contribution < -0.4 is 5.73 Å². The first kappa shape index (κ1) is 15.0. The number of carbonyl (C=O) groups is 1. The zero-order valence-corrected chi connectivity index (χ0v) is 11.1. The van der Waals surface area contributed by atoms with Crippen LogP contribution in [0.3, 0.4) is 0 Å². The van der Waals surface area contributed by atoms with E-state index in [1.807, 2.05) is 0 Å². The van der Waals surface area contributed by atoms with Gasteiger partial charge >= 0.3 is 12.1 Å². The topological polar surface area (TPSA) is 68.1 Å². The van der Waals surface area contributed by atoms with E-state index in [4.69, 9.17) is 10.5 Å². The van der Waals surface area contributed by atoms with Gasteiger partial charge in [0.25, 0.3) is 0 Å². The summed E-state index contributed by atoms with van der Waals surface area (Å²) in [6.45, 7) is 1.82. The van der Waals surface area contributed by atoms with Crippen LogP contribution >= 0.6 is 0 Å². The van der Waals surface area contributed by atoms with Gasteiger partial charge in [-0.05, 0) is 30.7 Å². The number of halogens is 3. The molecule has 0 unspecified atom stereocenters. The summed E-state index contributed by atoms with van der Waals surface area (Å²) in [4.78, 5) is 14.3. The van der Waals surface area contributed by atoms with Crippen molar-refractivity contribution in [2.24, 2.45) is 0 Å². The number of aromatic amines is 1. The summed E-state index contributed by atoms with van der Waals surface area (Å²) in [6, 6.07) is 6.15. The lowest BCUT2D eigenvalue weighted by Gasteiger charge is -2.07. The molecule has 0 bridgehead atoms. The van der Waals surface area contributed by atoms with Crippen molar-refractivity contribution in [3.8, 4) is 11.3 Å². The van der Waals surface area contributed by atoms with Crippen LogP contribution in [0.25, 0.3) is 11.3 Å². The Labute approximate surface area is 118 Å². The van der Waals surface area contributed by atoms with Gasteiger partial charge < -0.3 is 15.5 Å². The molecule has 0 aliphatic heterocycles. The van der Waals surface area contributed by atoms with E-state index in [9.17, 15) is 18.0 Å². The van der Waals surface area contributed by atoms with E-state index in [-0.39, 0.29) is 23.6 Å². The maximum Gasteiger partial charge on any atom is 0.416 e. The van der Waals surface area contributed by atoms with E-state index in [0.717, 1.165) is 12.1 Å². The second kappa shape index (κ2) is 5.51. The van der Waals surface area contributed by atoms with Gasteiger partial charge in [0.2, 0.25) is 0 Å². The minimum absolute atomic E-state index is 0.0317. The van der Waals surface area contributed by atoms with Gasteiger partial charge in [-0.1, -0.05) is 12.1 Å². The van der Waals surface area contributed by atoms with E-state index in [2.05, 4.69) is 4.98 Å². The van der Waals surface area contributed by atoms with Crippen LogP contribution in [0, 0.1) is 0 Å². The number of alkyl halides is 3. The van der Waals surface area contributed by atoms with Crippen molar-refractivity contribution in [2.45, 2.75) is 13.1 Å². The Hall–Kier alpha value is -2.44. The van der Waals surface area contributed by atoms with Crippen molar-refractivity contribution in [2.75, 3.05) is 12.3 Å². The number of nitrogens with one attached hydrogen (secondary N) is 1. The van der Waals surface area contributed by atoms with E-state index < -0.39 is 17.7 Å². The van der Waals surface area contributed by atoms with Gasteiger partial charge in [-0.3, -0.25) is 0 Å². The van der Waals surface area contributed by atoms with Crippen LogP contribution in [0.2, 0.25) is 0 Å². The van der Waals surface area contributed by atoms with Gasteiger partial charge in [0.15, 0.2) is 0 Å². The summed E-state index contributed by atoms with van der Waals surface area (Å²) in [6.07, 6.45) is -4.43. The lowest BCUT2D eigenvalue weighted by molar-refractivity contribution is -0.137. The maximum absolute atomic E-state index is 12.7. The molecule has 1 aromatic heterocycles. The van der Waals surface area contributed by atoms with Crippen LogP contribution in [0.15, 0.2) is 30.3 Å². The van der Waals surface area contributed by atoms with E-state index >= 15 is 0 Å². The van der Waals surface area contributed by atoms with Crippen LogP contribution in [0.1, 0.15) is 23.0 Å². The molecular weight excluding hydrogens is 285 g/mol.